The number of piperidine rings is 1. The molecule has 460 valence electrons. The van der Waals surface area contributed by atoms with E-state index < -0.39 is 120 Å². The third-order valence-corrected chi connectivity index (χ3v) is 18.8. The molecule has 0 aromatic carbocycles. The minimum absolute atomic E-state index is 0.0102. The van der Waals surface area contributed by atoms with E-state index in [4.69, 9.17) is 28.4 Å². The maximum Gasteiger partial charge on any atom is 0.329 e. The van der Waals surface area contributed by atoms with Crippen LogP contribution in [0.2, 0.25) is 0 Å². The van der Waals surface area contributed by atoms with Gasteiger partial charge >= 0.3 is 5.97 Å². The maximum absolute atomic E-state index is 14.7. The van der Waals surface area contributed by atoms with Gasteiger partial charge in [-0.05, 0) is 107 Å². The molecule has 4 aliphatic heterocycles. The highest BCUT2D eigenvalue weighted by Crippen LogP contribution is 2.40. The molecule has 1 aromatic heterocycles. The van der Waals surface area contributed by atoms with E-state index in [9.17, 15) is 54.6 Å². The second kappa shape index (κ2) is 30.9. The molecule has 4 fully saturated rings. The standard InChI is InChI=1S/C60H92N4O17S/c1-33-16-12-11-13-17-34(2)46(76-8)28-42-21-19-39(7)60(75,81-42)56(72)57(73)63-23-15-14-18-44(63)58(74)79-47(29-45(66)35(3)25-38(6)51(68)55(78-10)50(67)37(5)24-33)36(4)26-40-20-22-43(48(27-40)77-9)64-30-41(61-62-64)32-82-59-54(71)53(70)52(69)49(31-65)80-59/h11-13,16-17,25,30,33,35-37,39-40,42-44,46-49,51-55,59,65,68-71,75H,14-15,18-24,26-29,31-32H2,1-10H3/b13-11+,16-12+,34-17+,38-25+/t33-,35-,36-,37-,39-,40+,42+,43+,44+,46?,47+,48-,49-,51-,52+,53+,54-,55?,59+,60-/m1/s1. The number of hydrogen-bond donors (Lipinski definition) is 6. The van der Waals surface area contributed by atoms with Crippen LogP contribution in [0.5, 0.6) is 0 Å². The number of aliphatic hydroxyl groups excluding tert-OH is 5. The molecular weight excluding hydrogens is 1080 g/mol. The van der Waals surface area contributed by atoms with Crippen molar-refractivity contribution in [2.75, 3.05) is 34.5 Å². The first-order chi connectivity index (χ1) is 39.0. The fourth-order valence-corrected chi connectivity index (χ4v) is 13.4. The molecule has 1 aromatic rings. The largest absolute Gasteiger partial charge is 0.460 e. The van der Waals surface area contributed by atoms with Crippen LogP contribution in [-0.4, -0.2) is 193 Å². The van der Waals surface area contributed by atoms with Gasteiger partial charge in [-0.1, -0.05) is 76.3 Å². The first-order valence-electron chi connectivity index (χ1n) is 29.3. The summed E-state index contributed by atoms with van der Waals surface area (Å²) in [6.07, 6.45) is 7.63. The highest BCUT2D eigenvalue weighted by Gasteiger charge is 2.53. The molecule has 2 bridgehead atoms. The van der Waals surface area contributed by atoms with Gasteiger partial charge in [-0.25, -0.2) is 9.48 Å². The molecule has 1 aliphatic carbocycles. The molecule has 1 saturated carbocycles. The van der Waals surface area contributed by atoms with Crippen LogP contribution >= 0.6 is 11.8 Å². The number of carbonyl (C=O) groups excluding carboxylic acids is 5. The number of ether oxygens (including phenoxy) is 6. The molecule has 21 nitrogen and oxygen atoms in total. The van der Waals surface area contributed by atoms with Crippen molar-refractivity contribution in [2.24, 2.45) is 35.5 Å². The smallest absolute Gasteiger partial charge is 0.329 e. The van der Waals surface area contributed by atoms with Crippen molar-refractivity contribution < 1.29 is 83.0 Å². The zero-order valence-electron chi connectivity index (χ0n) is 49.5. The Balaban J connectivity index is 1.24. The quantitative estimate of drug-likeness (QED) is 0.0995. The number of rotatable bonds is 11. The van der Waals surface area contributed by atoms with E-state index in [1.54, 1.807) is 58.9 Å². The van der Waals surface area contributed by atoms with Crippen molar-refractivity contribution in [3.8, 4) is 0 Å². The van der Waals surface area contributed by atoms with Gasteiger partial charge < -0.3 is 64.0 Å². The number of fused-ring (bicyclic) bond motifs is 3. The Kier molecular flexibility index (Phi) is 25.2. The monoisotopic (exact) mass is 1170 g/mol. The van der Waals surface area contributed by atoms with Crippen LogP contribution in [0.1, 0.15) is 137 Å². The van der Waals surface area contributed by atoms with Gasteiger partial charge in [0.05, 0.1) is 36.7 Å². The summed E-state index contributed by atoms with van der Waals surface area (Å²) in [4.78, 5) is 73.0. The van der Waals surface area contributed by atoms with Crippen molar-refractivity contribution in [3.63, 3.8) is 0 Å². The Morgan fingerprint density at radius 3 is 2.29 bits per heavy atom. The number of cyclic esters (lactones) is 1. The van der Waals surface area contributed by atoms with Gasteiger partial charge in [0, 0.05) is 70.4 Å². The van der Waals surface area contributed by atoms with E-state index >= 15 is 0 Å². The normalized spacial score (nSPS) is 40.2. The Bertz CT molecular complexity index is 2430. The number of nitrogens with zero attached hydrogens (tertiary/aromatic N) is 4. The summed E-state index contributed by atoms with van der Waals surface area (Å²) in [5.74, 6) is -8.23. The number of hydrogen-bond acceptors (Lipinski definition) is 20. The predicted molar refractivity (Wildman–Crippen MR) is 303 cm³/mol. The number of aromatic nitrogens is 3. The average molecular weight is 1170 g/mol. The second-order valence-corrected chi connectivity index (χ2v) is 24.9. The summed E-state index contributed by atoms with van der Waals surface area (Å²) < 4.78 is 37.5. The van der Waals surface area contributed by atoms with Crippen molar-refractivity contribution in [2.45, 2.75) is 216 Å². The lowest BCUT2D eigenvalue weighted by atomic mass is 9.77. The zero-order chi connectivity index (χ0) is 60.2. The molecule has 2 unspecified atom stereocenters. The highest BCUT2D eigenvalue weighted by molar-refractivity contribution is 7.99. The van der Waals surface area contributed by atoms with Gasteiger partial charge in [0.1, 0.15) is 60.0 Å². The van der Waals surface area contributed by atoms with Crippen LogP contribution in [0.15, 0.2) is 53.8 Å². The van der Waals surface area contributed by atoms with E-state index in [0.717, 1.165) is 17.3 Å². The second-order valence-electron chi connectivity index (χ2n) is 23.8. The van der Waals surface area contributed by atoms with E-state index in [2.05, 4.69) is 10.3 Å². The van der Waals surface area contributed by atoms with Crippen molar-refractivity contribution in [1.82, 2.24) is 19.9 Å². The van der Waals surface area contributed by atoms with Crippen LogP contribution in [0.25, 0.3) is 0 Å². The number of esters is 1. The third kappa shape index (κ3) is 16.7. The van der Waals surface area contributed by atoms with Crippen LogP contribution in [0, 0.1) is 35.5 Å². The first kappa shape index (κ1) is 67.1. The highest BCUT2D eigenvalue weighted by atomic mass is 32.2. The van der Waals surface area contributed by atoms with Crippen molar-refractivity contribution in [1.29, 1.82) is 0 Å². The number of carbonyl (C=O) groups is 5. The fraction of sp³-hybridized carbons (Fsp3) is 0.750. The molecule has 6 N–H and O–H groups in total. The number of allylic oxidation sites excluding steroid dienone is 6. The molecule has 3 saturated heterocycles. The Morgan fingerprint density at radius 2 is 1.60 bits per heavy atom. The number of Topliss-reactive ketones (excluding diaryl/α,β-unsaturated/α-hetero) is 3. The van der Waals surface area contributed by atoms with Crippen LogP contribution < -0.4 is 0 Å². The van der Waals surface area contributed by atoms with Crippen LogP contribution in [-0.2, 0) is 58.1 Å². The van der Waals surface area contributed by atoms with Gasteiger partial charge in [0.25, 0.3) is 11.7 Å². The van der Waals surface area contributed by atoms with E-state index in [1.807, 2.05) is 51.2 Å². The number of thioether (sulfide) groups is 1. The molecule has 5 heterocycles. The van der Waals surface area contributed by atoms with Gasteiger partial charge in [-0.3, -0.25) is 19.2 Å². The molecule has 82 heavy (non-hydrogen) atoms. The zero-order valence-corrected chi connectivity index (χ0v) is 50.3. The Morgan fingerprint density at radius 1 is 0.854 bits per heavy atom. The number of aliphatic hydroxyl groups is 6. The predicted octanol–water partition coefficient (Wildman–Crippen LogP) is 4.69. The van der Waals surface area contributed by atoms with E-state index in [-0.39, 0.29) is 60.7 Å². The summed E-state index contributed by atoms with van der Waals surface area (Å²) >= 11 is 1.15. The lowest BCUT2D eigenvalue weighted by Crippen LogP contribution is -2.61. The topological polar surface area (TPSA) is 296 Å². The minimum Gasteiger partial charge on any atom is -0.460 e. The molecule has 0 radical (unpaired) electrons. The number of amides is 1. The lowest BCUT2D eigenvalue weighted by Gasteiger charge is -2.42. The maximum atomic E-state index is 14.7. The lowest BCUT2D eigenvalue weighted by molar-refractivity contribution is -0.265. The molecule has 20 atom stereocenters. The Labute approximate surface area is 487 Å². The number of methoxy groups -OCH3 is 3. The molecular formula is C60H92N4O17S. The van der Waals surface area contributed by atoms with E-state index in [0.29, 0.717) is 75.5 Å². The summed E-state index contributed by atoms with van der Waals surface area (Å²) in [6, 6.07) is -1.40. The van der Waals surface area contributed by atoms with E-state index in [1.165, 1.54) is 12.0 Å². The van der Waals surface area contributed by atoms with Crippen molar-refractivity contribution in [3.05, 3.63) is 59.5 Å². The van der Waals surface area contributed by atoms with Gasteiger partial charge in [-0.15, -0.1) is 16.9 Å². The summed E-state index contributed by atoms with van der Waals surface area (Å²) in [5.41, 5.74) is 0.851. The van der Waals surface area contributed by atoms with Gasteiger partial charge in [0.2, 0.25) is 5.79 Å². The molecule has 22 heteroatoms. The number of ketones is 3. The van der Waals surface area contributed by atoms with Gasteiger partial charge in [-0.2, -0.15) is 0 Å². The fourth-order valence-electron chi connectivity index (χ4n) is 12.3. The molecule has 0 spiro atoms. The minimum atomic E-state index is -2.47. The first-order valence-corrected chi connectivity index (χ1v) is 30.3. The SMILES string of the molecule is COC1C[C@@H]2CC[C@@H](C)[C@@](O)(O2)C(=O)C(=O)N2CCCC[C@H]2C(=O)O[C@H]([C@H](C)C[C@@H]2CC[C@H](n3cc(CS[C@@H]4O[C@H](CO)[C@H](O)[C@H](O)[C@H]4O)nn3)[C@H](OC)C2)CC(=O)[C@H](C)/C=C(\C)[C@@H](O)C(OC)C(=O)[C@H](C)C[C@H](C)/C=C/C=C/C=C/1C. The molecule has 6 rings (SSSR count). The summed E-state index contributed by atoms with van der Waals surface area (Å²) in [5, 5.41) is 73.1. The van der Waals surface area contributed by atoms with Crippen molar-refractivity contribution >= 4 is 41.0 Å². The van der Waals surface area contributed by atoms with Crippen LogP contribution in [0.3, 0.4) is 0 Å². The Hall–Kier alpha value is -4.04. The average Bonchev–Trinajstić information content (AvgIpc) is 4.09. The summed E-state index contributed by atoms with van der Waals surface area (Å²) in [6.45, 7) is 12.1. The summed E-state index contributed by atoms with van der Waals surface area (Å²) in [7, 11) is 4.55. The molecule has 1 amide bonds. The van der Waals surface area contributed by atoms with Gasteiger partial charge in [0.15, 0.2) is 5.78 Å². The van der Waals surface area contributed by atoms with Crippen LogP contribution in [0.4, 0.5) is 0 Å². The molecule has 5 aliphatic rings. The third-order valence-electron chi connectivity index (χ3n) is 17.6.